The maximum absolute atomic E-state index is 12.5. The highest BCUT2D eigenvalue weighted by Crippen LogP contribution is 2.26. The van der Waals surface area contributed by atoms with E-state index < -0.39 is 6.04 Å². The van der Waals surface area contributed by atoms with E-state index in [-0.39, 0.29) is 30.1 Å². The molecule has 3 heterocycles. The third-order valence-electron chi connectivity index (χ3n) is 5.58. The molecule has 3 saturated heterocycles. The molecule has 3 atom stereocenters. The normalized spacial score (nSPS) is 26.9. The summed E-state index contributed by atoms with van der Waals surface area (Å²) in [4.78, 5) is 37.9. The molecule has 152 valence electrons. The summed E-state index contributed by atoms with van der Waals surface area (Å²) in [6.07, 6.45) is 3.09. The highest BCUT2D eigenvalue weighted by atomic mass is 35.5. The fraction of sp³-hybridized carbons (Fsp3) is 0.526. The molecule has 9 heteroatoms. The Morgan fingerprint density at radius 1 is 1.11 bits per heavy atom. The average Bonchev–Trinajstić information content (AvgIpc) is 2.85. The van der Waals surface area contributed by atoms with E-state index in [1.165, 1.54) is 0 Å². The number of fused-ring (bicyclic) bond motifs is 2. The first-order valence-electron chi connectivity index (χ1n) is 9.55. The predicted molar refractivity (Wildman–Crippen MR) is 108 cm³/mol. The number of hydrogen-bond acceptors (Lipinski definition) is 6. The molecule has 0 aliphatic carbocycles. The predicted octanol–water partition coefficient (Wildman–Crippen LogP) is 0.700. The number of carbonyl (C=O) groups is 3. The molecule has 8 nitrogen and oxygen atoms in total. The lowest BCUT2D eigenvalue weighted by Crippen LogP contribution is -2.53. The van der Waals surface area contributed by atoms with Crippen molar-refractivity contribution in [2.45, 2.75) is 43.8 Å². The van der Waals surface area contributed by atoms with Gasteiger partial charge >= 0.3 is 0 Å². The van der Waals surface area contributed by atoms with E-state index in [9.17, 15) is 14.4 Å². The highest BCUT2D eigenvalue weighted by Gasteiger charge is 2.37. The number of benzene rings is 1. The molecule has 28 heavy (non-hydrogen) atoms. The zero-order valence-electron chi connectivity index (χ0n) is 15.6. The fourth-order valence-corrected chi connectivity index (χ4v) is 4.21. The maximum atomic E-state index is 12.5. The highest BCUT2D eigenvalue weighted by molar-refractivity contribution is 6.01. The Kier molecular flexibility index (Phi) is 6.53. The zero-order chi connectivity index (χ0) is 18.8. The van der Waals surface area contributed by atoms with Gasteiger partial charge in [-0.15, -0.1) is 12.4 Å². The van der Waals surface area contributed by atoms with Crippen LogP contribution in [-0.2, 0) is 14.4 Å². The van der Waals surface area contributed by atoms with Gasteiger partial charge in [0.15, 0.2) is 0 Å². The summed E-state index contributed by atoms with van der Waals surface area (Å²) < 4.78 is 0. The summed E-state index contributed by atoms with van der Waals surface area (Å²) in [5.74, 6) is -0.567. The quantitative estimate of drug-likeness (QED) is 0.536. The monoisotopic (exact) mass is 407 g/mol. The van der Waals surface area contributed by atoms with Crippen LogP contribution in [0.25, 0.3) is 0 Å². The van der Waals surface area contributed by atoms with Gasteiger partial charge in [0.2, 0.25) is 17.7 Å². The van der Waals surface area contributed by atoms with Crippen LogP contribution in [0.15, 0.2) is 24.3 Å². The molecule has 0 saturated carbocycles. The SMILES string of the molecule is Cl.O=C1CCC(Nc2cccc(NC(=O)CN3C4CCC3CNC4)c2)C(=O)N1. The second kappa shape index (κ2) is 8.89. The number of halogens is 1. The number of nitrogens with one attached hydrogen (secondary N) is 4. The molecule has 4 N–H and O–H groups in total. The van der Waals surface area contributed by atoms with Crippen molar-refractivity contribution in [3.05, 3.63) is 24.3 Å². The van der Waals surface area contributed by atoms with Crippen molar-refractivity contribution in [1.29, 1.82) is 0 Å². The van der Waals surface area contributed by atoms with Crippen LogP contribution < -0.4 is 21.3 Å². The Hall–Kier alpha value is -2.16. The second-order valence-corrected chi connectivity index (χ2v) is 7.49. The number of hydrogen-bond donors (Lipinski definition) is 4. The Bertz CT molecular complexity index is 743. The maximum Gasteiger partial charge on any atom is 0.249 e. The van der Waals surface area contributed by atoms with E-state index in [2.05, 4.69) is 26.2 Å². The number of piperazine rings is 1. The van der Waals surface area contributed by atoms with Crippen molar-refractivity contribution in [1.82, 2.24) is 15.5 Å². The number of imide groups is 1. The van der Waals surface area contributed by atoms with Crippen molar-refractivity contribution < 1.29 is 14.4 Å². The Balaban J connectivity index is 0.00000225. The van der Waals surface area contributed by atoms with Crippen LogP contribution in [0.3, 0.4) is 0 Å². The van der Waals surface area contributed by atoms with Gasteiger partial charge in [0.25, 0.3) is 0 Å². The van der Waals surface area contributed by atoms with Crippen LogP contribution in [-0.4, -0.2) is 60.4 Å². The lowest BCUT2D eigenvalue weighted by Gasteiger charge is -2.34. The second-order valence-electron chi connectivity index (χ2n) is 7.49. The van der Waals surface area contributed by atoms with Crippen molar-refractivity contribution >= 4 is 41.5 Å². The summed E-state index contributed by atoms with van der Waals surface area (Å²) in [6, 6.07) is 7.79. The number of amides is 3. The molecule has 0 aromatic heterocycles. The lowest BCUT2D eigenvalue weighted by atomic mass is 10.1. The van der Waals surface area contributed by atoms with E-state index in [1.54, 1.807) is 0 Å². The first kappa shape index (κ1) is 20.6. The van der Waals surface area contributed by atoms with Gasteiger partial charge in [-0.2, -0.15) is 0 Å². The first-order valence-corrected chi connectivity index (χ1v) is 9.55. The molecular weight excluding hydrogens is 382 g/mol. The van der Waals surface area contributed by atoms with Gasteiger partial charge < -0.3 is 16.0 Å². The van der Waals surface area contributed by atoms with E-state index >= 15 is 0 Å². The molecule has 0 spiro atoms. The van der Waals surface area contributed by atoms with E-state index in [4.69, 9.17) is 0 Å². The number of nitrogens with zero attached hydrogens (tertiary/aromatic N) is 1. The Labute approximate surface area is 170 Å². The topological polar surface area (TPSA) is 103 Å². The van der Waals surface area contributed by atoms with E-state index in [0.717, 1.165) is 31.6 Å². The van der Waals surface area contributed by atoms with Crippen molar-refractivity contribution in [3.8, 4) is 0 Å². The van der Waals surface area contributed by atoms with E-state index in [1.807, 2.05) is 24.3 Å². The van der Waals surface area contributed by atoms with Gasteiger partial charge in [0.05, 0.1) is 6.54 Å². The van der Waals surface area contributed by atoms with Crippen molar-refractivity contribution in [2.75, 3.05) is 30.3 Å². The summed E-state index contributed by atoms with van der Waals surface area (Å²) in [5.41, 5.74) is 1.43. The van der Waals surface area contributed by atoms with Gasteiger partial charge in [0, 0.05) is 43.0 Å². The standard InChI is InChI=1S/C19H25N5O3.ClH/c25-17-7-6-16(19(27)23-17)21-12-2-1-3-13(8-12)22-18(26)11-24-14-4-5-15(24)10-20-9-14;/h1-3,8,14-16,20-21H,4-7,9-11H2,(H,22,26)(H,23,25,27);1H. The summed E-state index contributed by atoms with van der Waals surface area (Å²) >= 11 is 0. The van der Waals surface area contributed by atoms with Crippen LogP contribution in [0, 0.1) is 0 Å². The third-order valence-corrected chi connectivity index (χ3v) is 5.58. The molecule has 3 aliphatic heterocycles. The number of anilines is 2. The molecule has 0 radical (unpaired) electrons. The molecule has 2 bridgehead atoms. The number of carbonyl (C=O) groups excluding carboxylic acids is 3. The number of rotatable bonds is 5. The van der Waals surface area contributed by atoms with Crippen molar-refractivity contribution in [2.24, 2.45) is 0 Å². The largest absolute Gasteiger partial charge is 0.374 e. The minimum atomic E-state index is -0.440. The smallest absolute Gasteiger partial charge is 0.249 e. The minimum absolute atomic E-state index is 0. The van der Waals surface area contributed by atoms with Gasteiger partial charge in [-0.1, -0.05) is 6.07 Å². The molecule has 3 amide bonds. The number of piperidine rings is 1. The molecule has 3 unspecified atom stereocenters. The fourth-order valence-electron chi connectivity index (χ4n) is 4.21. The van der Waals surface area contributed by atoms with Crippen LogP contribution in [0.2, 0.25) is 0 Å². The van der Waals surface area contributed by atoms with Gasteiger partial charge in [-0.25, -0.2) is 0 Å². The van der Waals surface area contributed by atoms with Gasteiger partial charge in [-0.3, -0.25) is 24.6 Å². The molecule has 1 aromatic rings. The van der Waals surface area contributed by atoms with Crippen LogP contribution in [0.4, 0.5) is 11.4 Å². The third kappa shape index (κ3) is 4.63. The summed E-state index contributed by atoms with van der Waals surface area (Å²) in [5, 5.41) is 11.8. The van der Waals surface area contributed by atoms with Crippen LogP contribution in [0.5, 0.6) is 0 Å². The summed E-state index contributed by atoms with van der Waals surface area (Å²) in [6.45, 7) is 2.31. The van der Waals surface area contributed by atoms with E-state index in [0.29, 0.717) is 37.2 Å². The first-order chi connectivity index (χ1) is 13.1. The Morgan fingerprint density at radius 2 is 1.82 bits per heavy atom. The molecule has 3 aliphatic rings. The van der Waals surface area contributed by atoms with Gasteiger partial charge in [-0.05, 0) is 37.5 Å². The molecular formula is C19H26ClN5O3. The van der Waals surface area contributed by atoms with Crippen LogP contribution >= 0.6 is 12.4 Å². The molecule has 3 fully saturated rings. The lowest BCUT2D eigenvalue weighted by molar-refractivity contribution is -0.133. The van der Waals surface area contributed by atoms with Crippen LogP contribution in [0.1, 0.15) is 25.7 Å². The van der Waals surface area contributed by atoms with Crippen molar-refractivity contribution in [3.63, 3.8) is 0 Å². The zero-order valence-corrected chi connectivity index (χ0v) is 16.4. The average molecular weight is 408 g/mol. The minimum Gasteiger partial charge on any atom is -0.374 e. The van der Waals surface area contributed by atoms with Gasteiger partial charge in [0.1, 0.15) is 6.04 Å². The Morgan fingerprint density at radius 3 is 2.54 bits per heavy atom. The molecule has 4 rings (SSSR count). The summed E-state index contributed by atoms with van der Waals surface area (Å²) in [7, 11) is 0. The molecule has 1 aromatic carbocycles.